The minimum absolute atomic E-state index is 0.595. The molecule has 0 amide bonds. The number of benzene rings is 3. The Hall–Kier alpha value is -2.48. The number of ether oxygens (including phenoxy) is 2. The van der Waals surface area contributed by atoms with Gasteiger partial charge in [0.25, 0.3) is 0 Å². The summed E-state index contributed by atoms with van der Waals surface area (Å²) < 4.78 is 11.8. The van der Waals surface area contributed by atoms with Crippen LogP contribution in [-0.4, -0.2) is 0 Å². The van der Waals surface area contributed by atoms with Gasteiger partial charge < -0.3 is 9.47 Å². The SMILES string of the molecule is CC[C](Oc1ccccc1)Oc1cccc2ccccc12. The third-order valence-electron chi connectivity index (χ3n) is 3.24. The van der Waals surface area contributed by atoms with Crippen molar-refractivity contribution >= 4 is 10.8 Å². The molecule has 3 aromatic carbocycles. The van der Waals surface area contributed by atoms with E-state index in [1.807, 2.05) is 61.5 Å². The first-order chi connectivity index (χ1) is 10.4. The summed E-state index contributed by atoms with van der Waals surface area (Å²) >= 11 is 0. The molecule has 0 fully saturated rings. The molecule has 0 bridgehead atoms. The minimum atomic E-state index is 0.595. The van der Waals surface area contributed by atoms with Crippen LogP contribution in [0.25, 0.3) is 10.8 Å². The van der Waals surface area contributed by atoms with Gasteiger partial charge >= 0.3 is 6.29 Å². The van der Waals surface area contributed by atoms with Crippen LogP contribution in [0.4, 0.5) is 0 Å². The molecule has 0 aliphatic carbocycles. The summed E-state index contributed by atoms with van der Waals surface area (Å²) in [5, 5.41) is 2.24. The van der Waals surface area contributed by atoms with E-state index in [1.165, 1.54) is 0 Å². The van der Waals surface area contributed by atoms with Crippen LogP contribution in [0.15, 0.2) is 72.8 Å². The van der Waals surface area contributed by atoms with E-state index in [9.17, 15) is 0 Å². The number of fused-ring (bicyclic) bond motifs is 1. The van der Waals surface area contributed by atoms with Gasteiger partial charge in [-0.05, 0) is 23.6 Å². The number of rotatable bonds is 5. The van der Waals surface area contributed by atoms with Crippen molar-refractivity contribution in [2.45, 2.75) is 13.3 Å². The number of hydrogen-bond acceptors (Lipinski definition) is 2. The molecule has 3 rings (SSSR count). The number of hydrogen-bond donors (Lipinski definition) is 0. The minimum Gasteiger partial charge on any atom is -0.446 e. The largest absolute Gasteiger partial charge is 0.446 e. The Labute approximate surface area is 124 Å². The topological polar surface area (TPSA) is 18.5 Å². The number of para-hydroxylation sites is 1. The molecule has 1 radical (unpaired) electrons. The lowest BCUT2D eigenvalue weighted by Gasteiger charge is -2.18. The molecule has 0 aliphatic rings. The van der Waals surface area contributed by atoms with E-state index in [0.717, 1.165) is 22.3 Å². The van der Waals surface area contributed by atoms with Crippen LogP contribution in [0.5, 0.6) is 11.5 Å². The van der Waals surface area contributed by atoms with Crippen LogP contribution >= 0.6 is 0 Å². The molecule has 0 atom stereocenters. The molecule has 3 aromatic rings. The molecule has 0 saturated heterocycles. The second kappa shape index (κ2) is 6.31. The Balaban J connectivity index is 1.82. The lowest BCUT2D eigenvalue weighted by Crippen LogP contribution is -2.13. The van der Waals surface area contributed by atoms with E-state index in [-0.39, 0.29) is 0 Å². The van der Waals surface area contributed by atoms with Crippen molar-refractivity contribution in [1.82, 2.24) is 0 Å². The highest BCUT2D eigenvalue weighted by Crippen LogP contribution is 2.29. The fourth-order valence-corrected chi connectivity index (χ4v) is 2.19. The van der Waals surface area contributed by atoms with Gasteiger partial charge in [0, 0.05) is 11.8 Å². The van der Waals surface area contributed by atoms with Crippen LogP contribution in [0, 0.1) is 6.29 Å². The van der Waals surface area contributed by atoms with Gasteiger partial charge in [0.05, 0.1) is 0 Å². The van der Waals surface area contributed by atoms with E-state index in [0.29, 0.717) is 12.7 Å². The first-order valence-electron chi connectivity index (χ1n) is 7.11. The Kier molecular flexibility index (Phi) is 4.06. The average molecular weight is 277 g/mol. The standard InChI is InChI=1S/C19H17O2/c1-2-19(20-16-11-4-3-5-12-16)21-18-14-8-10-15-9-6-7-13-17(15)18/h3-14H,2H2,1H3. The molecule has 105 valence electrons. The van der Waals surface area contributed by atoms with Gasteiger partial charge in [0.15, 0.2) is 0 Å². The maximum Gasteiger partial charge on any atom is 0.329 e. The molecule has 2 nitrogen and oxygen atoms in total. The van der Waals surface area contributed by atoms with E-state index >= 15 is 0 Å². The van der Waals surface area contributed by atoms with Gasteiger partial charge in [-0.2, -0.15) is 0 Å². The van der Waals surface area contributed by atoms with Crippen LogP contribution < -0.4 is 9.47 Å². The van der Waals surface area contributed by atoms with Crippen molar-refractivity contribution in [2.75, 3.05) is 0 Å². The van der Waals surface area contributed by atoms with Gasteiger partial charge in [-0.15, -0.1) is 0 Å². The molecular formula is C19H17O2. The molecular weight excluding hydrogens is 260 g/mol. The van der Waals surface area contributed by atoms with Crippen molar-refractivity contribution in [3.63, 3.8) is 0 Å². The van der Waals surface area contributed by atoms with Gasteiger partial charge in [0.2, 0.25) is 0 Å². The van der Waals surface area contributed by atoms with Gasteiger partial charge in [-0.25, -0.2) is 0 Å². The Bertz CT molecular complexity index is 702. The highest BCUT2D eigenvalue weighted by atomic mass is 16.7. The van der Waals surface area contributed by atoms with Crippen LogP contribution in [0.2, 0.25) is 0 Å². The molecule has 0 aromatic heterocycles. The quantitative estimate of drug-likeness (QED) is 0.638. The van der Waals surface area contributed by atoms with E-state index in [2.05, 4.69) is 18.2 Å². The Morgan fingerprint density at radius 1 is 0.762 bits per heavy atom. The Morgan fingerprint density at radius 2 is 1.48 bits per heavy atom. The molecule has 2 heteroatoms. The fraction of sp³-hybridized carbons (Fsp3) is 0.105. The zero-order valence-corrected chi connectivity index (χ0v) is 12.0. The van der Waals surface area contributed by atoms with Crippen molar-refractivity contribution in [3.05, 3.63) is 79.1 Å². The maximum absolute atomic E-state index is 5.98. The zero-order valence-electron chi connectivity index (χ0n) is 12.0. The van der Waals surface area contributed by atoms with Gasteiger partial charge in [-0.3, -0.25) is 0 Å². The van der Waals surface area contributed by atoms with E-state index in [1.54, 1.807) is 0 Å². The van der Waals surface area contributed by atoms with Crippen molar-refractivity contribution < 1.29 is 9.47 Å². The second-order valence-electron chi connectivity index (χ2n) is 4.72. The summed E-state index contributed by atoms with van der Waals surface area (Å²) in [5.41, 5.74) is 0. The summed E-state index contributed by atoms with van der Waals surface area (Å²) in [6.07, 6.45) is 1.29. The van der Waals surface area contributed by atoms with Crippen LogP contribution in [0.1, 0.15) is 13.3 Å². The second-order valence-corrected chi connectivity index (χ2v) is 4.72. The van der Waals surface area contributed by atoms with E-state index in [4.69, 9.17) is 9.47 Å². The van der Waals surface area contributed by atoms with Crippen LogP contribution in [-0.2, 0) is 0 Å². The summed E-state index contributed by atoms with van der Waals surface area (Å²) in [4.78, 5) is 0. The summed E-state index contributed by atoms with van der Waals surface area (Å²) in [5.74, 6) is 1.61. The molecule has 0 heterocycles. The normalized spacial score (nSPS) is 10.8. The van der Waals surface area contributed by atoms with Crippen molar-refractivity contribution in [3.8, 4) is 11.5 Å². The third-order valence-corrected chi connectivity index (χ3v) is 3.24. The Morgan fingerprint density at radius 3 is 2.29 bits per heavy atom. The molecule has 21 heavy (non-hydrogen) atoms. The first kappa shape index (κ1) is 13.5. The van der Waals surface area contributed by atoms with Gasteiger partial charge in [0.1, 0.15) is 11.5 Å². The monoisotopic (exact) mass is 277 g/mol. The first-order valence-corrected chi connectivity index (χ1v) is 7.11. The zero-order chi connectivity index (χ0) is 14.5. The summed E-state index contributed by atoms with van der Waals surface area (Å²) in [7, 11) is 0. The van der Waals surface area contributed by atoms with Crippen molar-refractivity contribution in [1.29, 1.82) is 0 Å². The highest BCUT2D eigenvalue weighted by molar-refractivity contribution is 5.88. The molecule has 0 N–H and O–H groups in total. The molecule has 0 aliphatic heterocycles. The highest BCUT2D eigenvalue weighted by Gasteiger charge is 2.14. The van der Waals surface area contributed by atoms with Gasteiger partial charge in [-0.1, -0.05) is 61.5 Å². The predicted molar refractivity (Wildman–Crippen MR) is 85.2 cm³/mol. The third kappa shape index (κ3) is 3.16. The van der Waals surface area contributed by atoms with Crippen molar-refractivity contribution in [2.24, 2.45) is 0 Å². The molecule has 0 unspecified atom stereocenters. The average Bonchev–Trinajstić information content (AvgIpc) is 2.55. The summed E-state index contributed by atoms with van der Waals surface area (Å²) in [6, 6.07) is 23.9. The fourth-order valence-electron chi connectivity index (χ4n) is 2.19. The summed E-state index contributed by atoms with van der Waals surface area (Å²) in [6.45, 7) is 2.02. The molecule has 0 saturated carbocycles. The predicted octanol–water partition coefficient (Wildman–Crippen LogP) is 5.20. The molecule has 0 spiro atoms. The lowest BCUT2D eigenvalue weighted by atomic mass is 10.1. The van der Waals surface area contributed by atoms with Crippen LogP contribution in [0.3, 0.4) is 0 Å². The maximum atomic E-state index is 5.98. The van der Waals surface area contributed by atoms with E-state index < -0.39 is 0 Å². The lowest BCUT2D eigenvalue weighted by molar-refractivity contribution is 0.118. The smallest absolute Gasteiger partial charge is 0.329 e.